The van der Waals surface area contributed by atoms with E-state index in [0.29, 0.717) is 5.56 Å². The fourth-order valence-corrected chi connectivity index (χ4v) is 1.56. The monoisotopic (exact) mass is 264 g/mol. The second kappa shape index (κ2) is 5.18. The van der Waals surface area contributed by atoms with Crippen LogP contribution in [0.15, 0.2) is 48.5 Å². The summed E-state index contributed by atoms with van der Waals surface area (Å²) in [7, 11) is 0. The van der Waals surface area contributed by atoms with Gasteiger partial charge in [-0.05, 0) is 35.4 Å². The van der Waals surface area contributed by atoms with E-state index in [2.05, 4.69) is 0 Å². The highest BCUT2D eigenvalue weighted by Crippen LogP contribution is 2.29. The van der Waals surface area contributed by atoms with E-state index in [9.17, 15) is 13.2 Å². The standard InChI is InChI=1S/C15H11F3O/c16-15(17,18)13-7-3-11(4-8-13)1-2-12-5-9-14(19)10-6-12/h1-10,19H. The second-order valence-electron chi connectivity index (χ2n) is 4.04. The zero-order valence-corrected chi connectivity index (χ0v) is 9.85. The lowest BCUT2D eigenvalue weighted by molar-refractivity contribution is -0.137. The molecular formula is C15H11F3O. The Kier molecular flexibility index (Phi) is 3.60. The highest BCUT2D eigenvalue weighted by Gasteiger charge is 2.29. The number of hydrogen-bond donors (Lipinski definition) is 1. The zero-order chi connectivity index (χ0) is 13.9. The molecule has 0 amide bonds. The van der Waals surface area contributed by atoms with Crippen LogP contribution in [0.3, 0.4) is 0 Å². The van der Waals surface area contributed by atoms with Crippen LogP contribution in [0.2, 0.25) is 0 Å². The molecule has 0 radical (unpaired) electrons. The highest BCUT2D eigenvalue weighted by atomic mass is 19.4. The molecule has 0 saturated carbocycles. The van der Waals surface area contributed by atoms with Crippen molar-refractivity contribution in [1.82, 2.24) is 0 Å². The minimum Gasteiger partial charge on any atom is -0.508 e. The Balaban J connectivity index is 2.13. The van der Waals surface area contributed by atoms with E-state index in [1.807, 2.05) is 0 Å². The van der Waals surface area contributed by atoms with E-state index in [4.69, 9.17) is 5.11 Å². The quantitative estimate of drug-likeness (QED) is 0.787. The minimum atomic E-state index is -4.31. The van der Waals surface area contributed by atoms with Crippen molar-refractivity contribution in [3.05, 3.63) is 65.2 Å². The summed E-state index contributed by atoms with van der Waals surface area (Å²) in [6, 6.07) is 11.5. The maximum Gasteiger partial charge on any atom is 0.416 e. The summed E-state index contributed by atoms with van der Waals surface area (Å²) in [5, 5.41) is 9.12. The third kappa shape index (κ3) is 3.61. The molecular weight excluding hydrogens is 253 g/mol. The van der Waals surface area contributed by atoms with Gasteiger partial charge in [-0.2, -0.15) is 13.2 Å². The van der Waals surface area contributed by atoms with Crippen molar-refractivity contribution in [3.8, 4) is 5.75 Å². The van der Waals surface area contributed by atoms with Gasteiger partial charge in [0.2, 0.25) is 0 Å². The summed E-state index contributed by atoms with van der Waals surface area (Å²) in [5.41, 5.74) is 0.882. The zero-order valence-electron chi connectivity index (χ0n) is 9.85. The maximum atomic E-state index is 12.4. The summed E-state index contributed by atoms with van der Waals surface area (Å²) in [6.45, 7) is 0. The summed E-state index contributed by atoms with van der Waals surface area (Å²) in [6.07, 6.45) is -0.826. The minimum absolute atomic E-state index is 0.173. The van der Waals surface area contributed by atoms with Crippen LogP contribution in [-0.2, 0) is 6.18 Å². The number of phenols is 1. The smallest absolute Gasteiger partial charge is 0.416 e. The average molecular weight is 264 g/mol. The summed E-state index contributed by atoms with van der Waals surface area (Å²) in [4.78, 5) is 0. The number of halogens is 3. The third-order valence-electron chi connectivity index (χ3n) is 2.60. The SMILES string of the molecule is Oc1ccc(C=Cc2ccc(C(F)(F)F)cc2)cc1. The van der Waals surface area contributed by atoms with Crippen molar-refractivity contribution in [2.24, 2.45) is 0 Å². The first-order valence-electron chi connectivity index (χ1n) is 5.59. The van der Waals surface area contributed by atoms with Gasteiger partial charge in [0.1, 0.15) is 5.75 Å². The van der Waals surface area contributed by atoms with E-state index in [0.717, 1.165) is 17.7 Å². The van der Waals surface area contributed by atoms with Crippen molar-refractivity contribution >= 4 is 12.2 Å². The number of aromatic hydroxyl groups is 1. The molecule has 0 spiro atoms. The Morgan fingerprint density at radius 1 is 0.737 bits per heavy atom. The Morgan fingerprint density at radius 3 is 1.58 bits per heavy atom. The second-order valence-corrected chi connectivity index (χ2v) is 4.04. The number of benzene rings is 2. The molecule has 0 aliphatic heterocycles. The molecule has 0 bridgehead atoms. The van der Waals surface area contributed by atoms with Crippen LogP contribution < -0.4 is 0 Å². The first-order chi connectivity index (χ1) is 8.95. The van der Waals surface area contributed by atoms with Crippen molar-refractivity contribution in [1.29, 1.82) is 0 Å². The van der Waals surface area contributed by atoms with Crippen LogP contribution in [0.1, 0.15) is 16.7 Å². The van der Waals surface area contributed by atoms with Gasteiger partial charge < -0.3 is 5.11 Å². The molecule has 0 aromatic heterocycles. The fourth-order valence-electron chi connectivity index (χ4n) is 1.56. The van der Waals surface area contributed by atoms with Crippen LogP contribution in [0.5, 0.6) is 5.75 Å². The lowest BCUT2D eigenvalue weighted by Gasteiger charge is -2.05. The van der Waals surface area contributed by atoms with Gasteiger partial charge in [-0.25, -0.2) is 0 Å². The van der Waals surface area contributed by atoms with Gasteiger partial charge in [0.15, 0.2) is 0 Å². The average Bonchev–Trinajstić information content (AvgIpc) is 2.37. The summed E-state index contributed by atoms with van der Waals surface area (Å²) < 4.78 is 37.1. The molecule has 0 fully saturated rings. The molecule has 2 aromatic carbocycles. The van der Waals surface area contributed by atoms with Crippen LogP contribution in [0.25, 0.3) is 12.2 Å². The summed E-state index contributed by atoms with van der Waals surface area (Å²) in [5.74, 6) is 0.173. The Morgan fingerprint density at radius 2 is 1.16 bits per heavy atom. The van der Waals surface area contributed by atoms with E-state index >= 15 is 0 Å². The highest BCUT2D eigenvalue weighted by molar-refractivity contribution is 5.69. The molecule has 0 aliphatic rings. The summed E-state index contributed by atoms with van der Waals surface area (Å²) >= 11 is 0. The van der Waals surface area contributed by atoms with Crippen LogP contribution in [0, 0.1) is 0 Å². The van der Waals surface area contributed by atoms with Crippen molar-refractivity contribution < 1.29 is 18.3 Å². The van der Waals surface area contributed by atoms with Crippen molar-refractivity contribution in [2.75, 3.05) is 0 Å². The van der Waals surface area contributed by atoms with Gasteiger partial charge in [0.05, 0.1) is 5.56 Å². The van der Waals surface area contributed by atoms with Gasteiger partial charge in [-0.15, -0.1) is 0 Å². The van der Waals surface area contributed by atoms with Crippen LogP contribution in [-0.4, -0.2) is 5.11 Å². The molecule has 2 rings (SSSR count). The largest absolute Gasteiger partial charge is 0.508 e. The van der Waals surface area contributed by atoms with Gasteiger partial charge in [-0.3, -0.25) is 0 Å². The lowest BCUT2D eigenvalue weighted by atomic mass is 10.1. The fraction of sp³-hybridized carbons (Fsp3) is 0.0667. The molecule has 0 heterocycles. The van der Waals surface area contributed by atoms with Gasteiger partial charge in [0.25, 0.3) is 0 Å². The van der Waals surface area contributed by atoms with Crippen LogP contribution >= 0.6 is 0 Å². The van der Waals surface area contributed by atoms with E-state index < -0.39 is 11.7 Å². The lowest BCUT2D eigenvalue weighted by Crippen LogP contribution is -2.03. The predicted octanol–water partition coefficient (Wildman–Crippen LogP) is 4.58. The molecule has 0 saturated heterocycles. The predicted molar refractivity (Wildman–Crippen MR) is 68.5 cm³/mol. The van der Waals surface area contributed by atoms with Crippen LogP contribution in [0.4, 0.5) is 13.2 Å². The number of rotatable bonds is 2. The Bertz CT molecular complexity index is 566. The Hall–Kier alpha value is -2.23. The molecule has 98 valence electrons. The number of hydrogen-bond acceptors (Lipinski definition) is 1. The third-order valence-corrected chi connectivity index (χ3v) is 2.60. The molecule has 0 atom stereocenters. The number of alkyl halides is 3. The van der Waals surface area contributed by atoms with Gasteiger partial charge >= 0.3 is 6.18 Å². The molecule has 19 heavy (non-hydrogen) atoms. The maximum absolute atomic E-state index is 12.4. The first kappa shape index (κ1) is 13.2. The molecule has 1 nitrogen and oxygen atoms in total. The van der Waals surface area contributed by atoms with Gasteiger partial charge in [0, 0.05) is 0 Å². The van der Waals surface area contributed by atoms with Crippen molar-refractivity contribution in [2.45, 2.75) is 6.18 Å². The molecule has 0 aliphatic carbocycles. The Labute approximate surface area is 108 Å². The van der Waals surface area contributed by atoms with E-state index in [1.54, 1.807) is 36.4 Å². The van der Waals surface area contributed by atoms with Crippen molar-refractivity contribution in [3.63, 3.8) is 0 Å². The normalized spacial score (nSPS) is 11.9. The number of phenolic OH excluding ortho intramolecular Hbond substituents is 1. The molecule has 4 heteroatoms. The molecule has 0 unspecified atom stereocenters. The topological polar surface area (TPSA) is 20.2 Å². The first-order valence-corrected chi connectivity index (χ1v) is 5.59. The van der Waals surface area contributed by atoms with Gasteiger partial charge in [-0.1, -0.05) is 36.4 Å². The van der Waals surface area contributed by atoms with E-state index in [-0.39, 0.29) is 5.75 Å². The van der Waals surface area contributed by atoms with E-state index in [1.165, 1.54) is 12.1 Å². The molecule has 1 N–H and O–H groups in total. The molecule has 2 aromatic rings.